The molecule has 1 rings (SSSR count). The van der Waals surface area contributed by atoms with Gasteiger partial charge in [0.1, 0.15) is 6.04 Å². The molecule has 0 aliphatic rings. The molecule has 0 aliphatic heterocycles. The Morgan fingerprint density at radius 2 is 2.25 bits per heavy atom. The van der Waals surface area contributed by atoms with Crippen molar-refractivity contribution >= 4 is 5.97 Å². The standard InChI is InChI=1S/C11H19N3O2/c1-5-16-11(15)9(4)12-6-10-7(2)13-14-8(10)3/h9,12H,5-6H2,1-4H3,(H,13,14). The summed E-state index contributed by atoms with van der Waals surface area (Å²) in [4.78, 5) is 11.4. The molecule has 2 N–H and O–H groups in total. The second-order valence-corrected chi connectivity index (χ2v) is 3.77. The van der Waals surface area contributed by atoms with E-state index in [0.717, 1.165) is 17.0 Å². The van der Waals surface area contributed by atoms with Crippen LogP contribution in [-0.2, 0) is 16.1 Å². The maximum atomic E-state index is 11.4. The minimum absolute atomic E-state index is 0.221. The van der Waals surface area contributed by atoms with Crippen LogP contribution in [0.1, 0.15) is 30.8 Å². The van der Waals surface area contributed by atoms with E-state index in [1.165, 1.54) is 0 Å². The molecule has 0 fully saturated rings. The smallest absolute Gasteiger partial charge is 0.322 e. The van der Waals surface area contributed by atoms with E-state index in [2.05, 4.69) is 15.5 Å². The quantitative estimate of drug-likeness (QED) is 0.735. The molecule has 0 radical (unpaired) electrons. The molecule has 16 heavy (non-hydrogen) atoms. The summed E-state index contributed by atoms with van der Waals surface area (Å²) in [5.74, 6) is -0.221. The van der Waals surface area contributed by atoms with Crippen LogP contribution in [-0.4, -0.2) is 28.8 Å². The number of nitrogens with one attached hydrogen (secondary N) is 2. The Morgan fingerprint density at radius 1 is 1.56 bits per heavy atom. The monoisotopic (exact) mass is 225 g/mol. The highest BCUT2D eigenvalue weighted by Gasteiger charge is 2.14. The lowest BCUT2D eigenvalue weighted by Gasteiger charge is -2.12. The Balaban J connectivity index is 2.48. The van der Waals surface area contributed by atoms with Gasteiger partial charge in [0, 0.05) is 17.8 Å². The first-order valence-corrected chi connectivity index (χ1v) is 5.46. The molecule has 90 valence electrons. The lowest BCUT2D eigenvalue weighted by molar-refractivity contribution is -0.145. The summed E-state index contributed by atoms with van der Waals surface area (Å²) in [6.07, 6.45) is 0. The van der Waals surface area contributed by atoms with Crippen molar-refractivity contribution in [3.05, 3.63) is 17.0 Å². The predicted molar refractivity (Wildman–Crippen MR) is 61.0 cm³/mol. The molecule has 0 amide bonds. The molecule has 0 aliphatic carbocycles. The van der Waals surface area contributed by atoms with E-state index in [4.69, 9.17) is 4.74 Å². The Kier molecular flexibility index (Phi) is 4.49. The van der Waals surface area contributed by atoms with Crippen LogP contribution >= 0.6 is 0 Å². The van der Waals surface area contributed by atoms with Gasteiger partial charge >= 0.3 is 5.97 Å². The minimum Gasteiger partial charge on any atom is -0.465 e. The van der Waals surface area contributed by atoms with Gasteiger partial charge < -0.3 is 10.1 Å². The average molecular weight is 225 g/mol. The Labute approximate surface area is 95.6 Å². The number of nitrogens with zero attached hydrogens (tertiary/aromatic N) is 1. The zero-order valence-corrected chi connectivity index (χ0v) is 10.3. The lowest BCUT2D eigenvalue weighted by atomic mass is 10.2. The third kappa shape index (κ3) is 3.06. The van der Waals surface area contributed by atoms with Crippen molar-refractivity contribution in [1.29, 1.82) is 0 Å². The highest BCUT2D eigenvalue weighted by atomic mass is 16.5. The summed E-state index contributed by atoms with van der Waals surface area (Å²) in [6, 6.07) is -0.298. The molecule has 1 unspecified atom stereocenters. The fourth-order valence-corrected chi connectivity index (χ4v) is 1.44. The number of H-pyrrole nitrogens is 1. The molecule has 1 aromatic heterocycles. The zero-order chi connectivity index (χ0) is 12.1. The van der Waals surface area contributed by atoms with Gasteiger partial charge in [-0.1, -0.05) is 0 Å². The highest BCUT2D eigenvalue weighted by Crippen LogP contribution is 2.08. The van der Waals surface area contributed by atoms with Crippen LogP contribution in [0.15, 0.2) is 0 Å². The maximum absolute atomic E-state index is 11.4. The second kappa shape index (κ2) is 5.65. The van der Waals surface area contributed by atoms with E-state index in [-0.39, 0.29) is 12.0 Å². The summed E-state index contributed by atoms with van der Waals surface area (Å²) in [7, 11) is 0. The van der Waals surface area contributed by atoms with Crippen molar-refractivity contribution in [2.75, 3.05) is 6.61 Å². The first-order valence-electron chi connectivity index (χ1n) is 5.46. The number of aromatic amines is 1. The maximum Gasteiger partial charge on any atom is 0.322 e. The fraction of sp³-hybridized carbons (Fsp3) is 0.636. The van der Waals surface area contributed by atoms with E-state index in [0.29, 0.717) is 13.2 Å². The number of esters is 1. The van der Waals surface area contributed by atoms with Crippen molar-refractivity contribution < 1.29 is 9.53 Å². The molecule has 0 saturated carbocycles. The molecular formula is C11H19N3O2. The number of aryl methyl sites for hydroxylation is 2. The average Bonchev–Trinajstić information content (AvgIpc) is 2.56. The van der Waals surface area contributed by atoms with Gasteiger partial charge in [-0.2, -0.15) is 5.10 Å². The fourth-order valence-electron chi connectivity index (χ4n) is 1.44. The van der Waals surface area contributed by atoms with Crippen molar-refractivity contribution in [2.45, 2.75) is 40.3 Å². The molecule has 0 spiro atoms. The summed E-state index contributed by atoms with van der Waals surface area (Å²) in [5, 5.41) is 10.1. The SMILES string of the molecule is CCOC(=O)C(C)NCc1c(C)n[nH]c1C. The zero-order valence-electron chi connectivity index (χ0n) is 10.3. The van der Waals surface area contributed by atoms with E-state index < -0.39 is 0 Å². The number of hydrogen-bond donors (Lipinski definition) is 2. The minimum atomic E-state index is -0.298. The van der Waals surface area contributed by atoms with Gasteiger partial charge in [0.05, 0.1) is 12.3 Å². The van der Waals surface area contributed by atoms with Crippen LogP contribution in [0.25, 0.3) is 0 Å². The van der Waals surface area contributed by atoms with Crippen molar-refractivity contribution in [3.63, 3.8) is 0 Å². The first-order chi connectivity index (χ1) is 7.56. The molecular weight excluding hydrogens is 206 g/mol. The van der Waals surface area contributed by atoms with Crippen molar-refractivity contribution in [1.82, 2.24) is 15.5 Å². The number of hydrogen-bond acceptors (Lipinski definition) is 4. The Hall–Kier alpha value is -1.36. The van der Waals surface area contributed by atoms with Gasteiger partial charge in [0.15, 0.2) is 0 Å². The lowest BCUT2D eigenvalue weighted by Crippen LogP contribution is -2.35. The normalized spacial score (nSPS) is 12.5. The van der Waals surface area contributed by atoms with Gasteiger partial charge in [-0.3, -0.25) is 9.89 Å². The van der Waals surface area contributed by atoms with Gasteiger partial charge in [0.25, 0.3) is 0 Å². The van der Waals surface area contributed by atoms with E-state index >= 15 is 0 Å². The largest absolute Gasteiger partial charge is 0.465 e. The van der Waals surface area contributed by atoms with Gasteiger partial charge in [-0.05, 0) is 27.7 Å². The second-order valence-electron chi connectivity index (χ2n) is 3.77. The van der Waals surface area contributed by atoms with Gasteiger partial charge in [-0.25, -0.2) is 0 Å². The number of aromatic nitrogens is 2. The summed E-state index contributed by atoms with van der Waals surface area (Å²) in [5.41, 5.74) is 3.10. The summed E-state index contributed by atoms with van der Waals surface area (Å²) < 4.78 is 4.91. The topological polar surface area (TPSA) is 67.0 Å². The molecule has 0 aromatic carbocycles. The van der Waals surface area contributed by atoms with Crippen LogP contribution < -0.4 is 5.32 Å². The van der Waals surface area contributed by atoms with Crippen LogP contribution in [0.4, 0.5) is 0 Å². The molecule has 0 bridgehead atoms. The Bertz CT molecular complexity index is 341. The Morgan fingerprint density at radius 3 is 2.75 bits per heavy atom. The number of carbonyl (C=O) groups excluding carboxylic acids is 1. The summed E-state index contributed by atoms with van der Waals surface area (Å²) >= 11 is 0. The number of rotatable bonds is 5. The first kappa shape index (κ1) is 12.7. The molecule has 0 saturated heterocycles. The van der Waals surface area contributed by atoms with E-state index in [9.17, 15) is 4.79 Å². The highest BCUT2D eigenvalue weighted by molar-refractivity contribution is 5.75. The third-order valence-corrected chi connectivity index (χ3v) is 2.51. The molecule has 1 atom stereocenters. The molecule has 1 aromatic rings. The number of carbonyl (C=O) groups is 1. The predicted octanol–water partition coefficient (Wildman–Crippen LogP) is 1.07. The van der Waals surface area contributed by atoms with Crippen molar-refractivity contribution in [3.8, 4) is 0 Å². The molecule has 5 heteroatoms. The van der Waals surface area contributed by atoms with Crippen molar-refractivity contribution in [2.24, 2.45) is 0 Å². The van der Waals surface area contributed by atoms with E-state index in [1.807, 2.05) is 13.8 Å². The van der Waals surface area contributed by atoms with Crippen LogP contribution in [0, 0.1) is 13.8 Å². The third-order valence-electron chi connectivity index (χ3n) is 2.51. The summed E-state index contributed by atoms with van der Waals surface area (Å²) in [6.45, 7) is 8.53. The van der Waals surface area contributed by atoms with Gasteiger partial charge in [0.2, 0.25) is 0 Å². The molecule has 5 nitrogen and oxygen atoms in total. The number of ether oxygens (including phenoxy) is 1. The van der Waals surface area contributed by atoms with Crippen LogP contribution in [0.2, 0.25) is 0 Å². The van der Waals surface area contributed by atoms with E-state index in [1.54, 1.807) is 13.8 Å². The van der Waals surface area contributed by atoms with Crippen LogP contribution in [0.5, 0.6) is 0 Å². The molecule has 1 heterocycles. The van der Waals surface area contributed by atoms with Crippen LogP contribution in [0.3, 0.4) is 0 Å². The van der Waals surface area contributed by atoms with Gasteiger partial charge in [-0.15, -0.1) is 0 Å².